The summed E-state index contributed by atoms with van der Waals surface area (Å²) in [5, 5.41) is 6.10. The van der Waals surface area contributed by atoms with Crippen LogP contribution in [0.15, 0.2) is 24.3 Å². The van der Waals surface area contributed by atoms with Gasteiger partial charge in [-0.2, -0.15) is 0 Å². The van der Waals surface area contributed by atoms with Crippen LogP contribution in [0.1, 0.15) is 24.9 Å². The van der Waals surface area contributed by atoms with E-state index in [4.69, 9.17) is 16.3 Å². The van der Waals surface area contributed by atoms with Crippen molar-refractivity contribution < 1.29 is 14.3 Å². The molecule has 1 aromatic carbocycles. The zero-order valence-corrected chi connectivity index (χ0v) is 12.4. The lowest BCUT2D eigenvalue weighted by Gasteiger charge is -2.18. The lowest BCUT2D eigenvalue weighted by atomic mass is 10.0. The topological polar surface area (TPSA) is 67.4 Å². The maximum atomic E-state index is 11.8. The molecule has 2 N–H and O–H groups in total. The van der Waals surface area contributed by atoms with E-state index in [0.29, 0.717) is 18.2 Å². The summed E-state index contributed by atoms with van der Waals surface area (Å²) in [6, 6.07) is 6.69. The van der Waals surface area contributed by atoms with E-state index in [1.165, 1.54) is 6.92 Å². The van der Waals surface area contributed by atoms with Crippen LogP contribution in [-0.2, 0) is 14.3 Å². The maximum absolute atomic E-state index is 11.8. The van der Waals surface area contributed by atoms with Crippen molar-refractivity contribution in [3.8, 4) is 0 Å². The molecule has 0 fully saturated rings. The van der Waals surface area contributed by atoms with Gasteiger partial charge < -0.3 is 15.4 Å². The number of nitrogens with one attached hydrogen (secondary N) is 2. The molecule has 0 bridgehead atoms. The highest BCUT2D eigenvalue weighted by Crippen LogP contribution is 2.19. The highest BCUT2D eigenvalue weighted by molar-refractivity contribution is 6.30. The number of benzene rings is 1. The van der Waals surface area contributed by atoms with E-state index in [1.54, 1.807) is 31.4 Å². The third-order valence-corrected chi connectivity index (χ3v) is 2.92. The van der Waals surface area contributed by atoms with Crippen LogP contribution in [0.25, 0.3) is 0 Å². The van der Waals surface area contributed by atoms with E-state index in [0.717, 1.165) is 5.56 Å². The summed E-state index contributed by atoms with van der Waals surface area (Å²) in [6.45, 7) is 2.33. The Morgan fingerprint density at radius 1 is 1.30 bits per heavy atom. The van der Waals surface area contributed by atoms with E-state index in [9.17, 15) is 9.59 Å². The molecule has 0 saturated heterocycles. The van der Waals surface area contributed by atoms with Gasteiger partial charge in [-0.1, -0.05) is 23.7 Å². The van der Waals surface area contributed by atoms with Gasteiger partial charge in [-0.25, -0.2) is 0 Å². The average molecular weight is 299 g/mol. The molecule has 6 heteroatoms. The number of carbonyl (C=O) groups is 2. The first-order valence-corrected chi connectivity index (χ1v) is 6.69. The molecule has 110 valence electrons. The standard InChI is InChI=1S/C14H19ClN2O3/c1-10(18)17-13(9-14(19)16-7-8-20-2)11-3-5-12(15)6-4-11/h3-6,13H,7-9H2,1-2H3,(H,16,19)(H,17,18). The zero-order valence-electron chi connectivity index (χ0n) is 11.6. The molecule has 1 atom stereocenters. The van der Waals surface area contributed by atoms with Gasteiger partial charge in [-0.15, -0.1) is 0 Å². The smallest absolute Gasteiger partial charge is 0.222 e. The van der Waals surface area contributed by atoms with Gasteiger partial charge in [0.1, 0.15) is 0 Å². The summed E-state index contributed by atoms with van der Waals surface area (Å²) >= 11 is 5.83. The number of rotatable bonds is 7. The molecule has 0 spiro atoms. The van der Waals surface area contributed by atoms with E-state index < -0.39 is 0 Å². The van der Waals surface area contributed by atoms with Crippen molar-refractivity contribution in [3.05, 3.63) is 34.9 Å². The van der Waals surface area contributed by atoms with Crippen molar-refractivity contribution in [3.63, 3.8) is 0 Å². The second-order valence-electron chi connectivity index (χ2n) is 4.35. The fourth-order valence-corrected chi connectivity index (χ4v) is 1.87. The summed E-state index contributed by atoms with van der Waals surface area (Å²) < 4.78 is 4.86. The predicted molar refractivity (Wildman–Crippen MR) is 77.5 cm³/mol. The van der Waals surface area contributed by atoms with Crippen LogP contribution in [0.2, 0.25) is 5.02 Å². The molecule has 0 heterocycles. The number of ether oxygens (including phenoxy) is 1. The summed E-state index contributed by atoms with van der Waals surface area (Å²) in [4.78, 5) is 23.1. The van der Waals surface area contributed by atoms with Crippen LogP contribution in [0, 0.1) is 0 Å². The largest absolute Gasteiger partial charge is 0.383 e. The third-order valence-electron chi connectivity index (χ3n) is 2.67. The average Bonchev–Trinajstić information content (AvgIpc) is 2.38. The van der Waals surface area contributed by atoms with Gasteiger partial charge in [0.15, 0.2) is 0 Å². The molecule has 0 aromatic heterocycles. The lowest BCUT2D eigenvalue weighted by Crippen LogP contribution is -2.33. The molecular formula is C14H19ClN2O3. The lowest BCUT2D eigenvalue weighted by molar-refractivity contribution is -0.122. The van der Waals surface area contributed by atoms with Crippen LogP contribution in [0.4, 0.5) is 0 Å². The minimum Gasteiger partial charge on any atom is -0.383 e. The number of hydrogen-bond acceptors (Lipinski definition) is 3. The minimum absolute atomic E-state index is 0.143. The Kier molecular flexibility index (Phi) is 7.04. The first-order chi connectivity index (χ1) is 9.52. The highest BCUT2D eigenvalue weighted by Gasteiger charge is 2.16. The summed E-state index contributed by atoms with van der Waals surface area (Å²) in [7, 11) is 1.57. The predicted octanol–water partition coefficient (Wildman–Crippen LogP) is 1.67. The zero-order chi connectivity index (χ0) is 15.0. The number of methoxy groups -OCH3 is 1. The molecule has 0 saturated carbocycles. The first-order valence-electron chi connectivity index (χ1n) is 6.31. The Morgan fingerprint density at radius 2 is 1.95 bits per heavy atom. The summed E-state index contributed by atoms with van der Waals surface area (Å²) in [6.07, 6.45) is 0.172. The fourth-order valence-electron chi connectivity index (χ4n) is 1.74. The number of hydrogen-bond donors (Lipinski definition) is 2. The number of amides is 2. The van der Waals surface area contributed by atoms with Gasteiger partial charge >= 0.3 is 0 Å². The van der Waals surface area contributed by atoms with Crippen molar-refractivity contribution in [2.45, 2.75) is 19.4 Å². The van der Waals surface area contributed by atoms with Gasteiger partial charge in [-0.3, -0.25) is 9.59 Å². The van der Waals surface area contributed by atoms with Crippen LogP contribution in [0.3, 0.4) is 0 Å². The van der Waals surface area contributed by atoms with Crippen molar-refractivity contribution >= 4 is 23.4 Å². The van der Waals surface area contributed by atoms with Gasteiger partial charge in [0.25, 0.3) is 0 Å². The molecule has 1 unspecified atom stereocenters. The van der Waals surface area contributed by atoms with Crippen LogP contribution >= 0.6 is 11.6 Å². The van der Waals surface area contributed by atoms with E-state index in [-0.39, 0.29) is 24.3 Å². The SMILES string of the molecule is COCCNC(=O)CC(NC(C)=O)c1ccc(Cl)cc1. The number of halogens is 1. The van der Waals surface area contributed by atoms with Gasteiger partial charge in [0.2, 0.25) is 11.8 Å². The molecule has 1 rings (SSSR count). The van der Waals surface area contributed by atoms with E-state index in [1.807, 2.05) is 0 Å². The highest BCUT2D eigenvalue weighted by atomic mass is 35.5. The Hall–Kier alpha value is -1.59. The number of carbonyl (C=O) groups excluding carboxylic acids is 2. The van der Waals surface area contributed by atoms with Crippen molar-refractivity contribution in [1.82, 2.24) is 10.6 Å². The molecule has 2 amide bonds. The first kappa shape index (κ1) is 16.5. The maximum Gasteiger partial charge on any atom is 0.222 e. The van der Waals surface area contributed by atoms with E-state index >= 15 is 0 Å². The molecule has 0 aliphatic carbocycles. The van der Waals surface area contributed by atoms with Crippen molar-refractivity contribution in [1.29, 1.82) is 0 Å². The molecule has 1 aromatic rings. The Morgan fingerprint density at radius 3 is 2.50 bits per heavy atom. The molecule has 0 radical (unpaired) electrons. The summed E-state index contributed by atoms with van der Waals surface area (Å²) in [5.74, 6) is -0.328. The Labute approximate surface area is 123 Å². The third kappa shape index (κ3) is 6.04. The minimum atomic E-state index is -0.368. The molecule has 0 aliphatic heterocycles. The molecule has 20 heavy (non-hydrogen) atoms. The van der Waals surface area contributed by atoms with Gasteiger partial charge in [-0.05, 0) is 17.7 Å². The quantitative estimate of drug-likeness (QED) is 0.753. The summed E-state index contributed by atoms with van der Waals surface area (Å²) in [5.41, 5.74) is 0.839. The second kappa shape index (κ2) is 8.55. The molecule has 5 nitrogen and oxygen atoms in total. The van der Waals surface area contributed by atoms with Gasteiger partial charge in [0, 0.05) is 25.6 Å². The van der Waals surface area contributed by atoms with Crippen LogP contribution < -0.4 is 10.6 Å². The van der Waals surface area contributed by atoms with Crippen LogP contribution in [-0.4, -0.2) is 32.1 Å². The second-order valence-corrected chi connectivity index (χ2v) is 4.79. The molecular weight excluding hydrogens is 280 g/mol. The Bertz CT molecular complexity index is 448. The Balaban J connectivity index is 2.67. The van der Waals surface area contributed by atoms with Gasteiger partial charge in [0.05, 0.1) is 19.1 Å². The van der Waals surface area contributed by atoms with E-state index in [2.05, 4.69) is 10.6 Å². The normalized spacial score (nSPS) is 11.8. The fraction of sp³-hybridized carbons (Fsp3) is 0.429. The van der Waals surface area contributed by atoms with Crippen molar-refractivity contribution in [2.75, 3.05) is 20.3 Å². The monoisotopic (exact) mass is 298 g/mol. The van der Waals surface area contributed by atoms with Crippen LogP contribution in [0.5, 0.6) is 0 Å². The molecule has 0 aliphatic rings. The van der Waals surface area contributed by atoms with Crippen molar-refractivity contribution in [2.24, 2.45) is 0 Å².